The lowest BCUT2D eigenvalue weighted by molar-refractivity contribution is 0.743. The average Bonchev–Trinajstić information content (AvgIpc) is 2.95. The second-order valence-electron chi connectivity index (χ2n) is 4.71. The van der Waals surface area contributed by atoms with Gasteiger partial charge in [-0.25, -0.2) is 4.98 Å². The topological polar surface area (TPSA) is 29.9 Å². The minimum Gasteiger partial charge on any atom is -0.351 e. The molecule has 1 aliphatic rings. The molecule has 2 heterocycles. The van der Waals surface area contributed by atoms with E-state index in [2.05, 4.69) is 47.0 Å². The monoisotopic (exact) mass is 247 g/mol. The lowest BCUT2D eigenvalue weighted by atomic mass is 10.4. The van der Waals surface area contributed by atoms with E-state index in [0.29, 0.717) is 6.04 Å². The van der Waals surface area contributed by atoms with Crippen molar-refractivity contribution in [3.8, 4) is 0 Å². The number of thiophene rings is 1. The van der Waals surface area contributed by atoms with Gasteiger partial charge < -0.3 is 9.88 Å². The van der Waals surface area contributed by atoms with E-state index in [-0.39, 0.29) is 0 Å². The van der Waals surface area contributed by atoms with Crippen LogP contribution in [0.1, 0.15) is 34.3 Å². The lowest BCUT2D eigenvalue weighted by Gasteiger charge is -2.07. The molecule has 2 aromatic rings. The van der Waals surface area contributed by atoms with Crippen LogP contribution in [0.2, 0.25) is 0 Å². The molecule has 0 amide bonds. The van der Waals surface area contributed by atoms with E-state index in [1.807, 2.05) is 11.3 Å². The largest absolute Gasteiger partial charge is 0.351 e. The number of aromatic nitrogens is 2. The molecule has 0 spiro atoms. The molecule has 1 saturated carbocycles. The highest BCUT2D eigenvalue weighted by molar-refractivity contribution is 7.11. The van der Waals surface area contributed by atoms with Crippen LogP contribution in [0.5, 0.6) is 0 Å². The molecule has 4 heteroatoms. The number of nitrogens with one attached hydrogen (secondary N) is 1. The number of nitrogens with zero attached hydrogens (tertiary/aromatic N) is 2. The fraction of sp³-hybridized carbons (Fsp3) is 0.462. The normalized spacial score (nSPS) is 15.2. The van der Waals surface area contributed by atoms with Crippen molar-refractivity contribution < 1.29 is 0 Å². The summed E-state index contributed by atoms with van der Waals surface area (Å²) in [6.07, 6.45) is 4.74. The Bertz CT molecular complexity index is 523. The molecular formula is C13H17N3S. The maximum Gasteiger partial charge on any atom is 0.203 e. The van der Waals surface area contributed by atoms with Crippen LogP contribution in [0.15, 0.2) is 18.3 Å². The third kappa shape index (κ3) is 2.36. The van der Waals surface area contributed by atoms with Crippen LogP contribution in [0.4, 0.5) is 5.95 Å². The van der Waals surface area contributed by atoms with Crippen LogP contribution in [0.25, 0.3) is 0 Å². The van der Waals surface area contributed by atoms with Crippen LogP contribution in [0.3, 0.4) is 0 Å². The number of hydrogen-bond donors (Lipinski definition) is 1. The SMILES string of the molecule is Cc1cn(C2CC2)c(NCc2ccc(C)s2)n1. The summed E-state index contributed by atoms with van der Waals surface area (Å²) in [6.45, 7) is 5.07. The zero-order valence-corrected chi connectivity index (χ0v) is 11.0. The van der Waals surface area contributed by atoms with Crippen molar-refractivity contribution in [1.82, 2.24) is 9.55 Å². The molecule has 2 aromatic heterocycles. The number of anilines is 1. The first-order valence-electron chi connectivity index (χ1n) is 6.07. The molecule has 0 unspecified atom stereocenters. The molecular weight excluding hydrogens is 230 g/mol. The summed E-state index contributed by atoms with van der Waals surface area (Å²) >= 11 is 1.84. The van der Waals surface area contributed by atoms with Gasteiger partial charge in [0, 0.05) is 22.0 Å². The Balaban J connectivity index is 1.72. The molecule has 0 radical (unpaired) electrons. The molecule has 3 nitrogen and oxygen atoms in total. The summed E-state index contributed by atoms with van der Waals surface area (Å²) < 4.78 is 2.29. The van der Waals surface area contributed by atoms with Crippen molar-refractivity contribution >= 4 is 17.3 Å². The highest BCUT2D eigenvalue weighted by Crippen LogP contribution is 2.37. The molecule has 90 valence electrons. The van der Waals surface area contributed by atoms with Gasteiger partial charge in [-0.2, -0.15) is 0 Å². The zero-order valence-electron chi connectivity index (χ0n) is 10.2. The average molecular weight is 247 g/mol. The summed E-state index contributed by atoms with van der Waals surface area (Å²) in [5.41, 5.74) is 1.10. The smallest absolute Gasteiger partial charge is 0.203 e. The third-order valence-electron chi connectivity index (χ3n) is 3.01. The Labute approximate surface area is 106 Å². The highest BCUT2D eigenvalue weighted by Gasteiger charge is 2.26. The molecule has 1 fully saturated rings. The van der Waals surface area contributed by atoms with E-state index in [0.717, 1.165) is 18.2 Å². The van der Waals surface area contributed by atoms with Gasteiger partial charge in [0.2, 0.25) is 5.95 Å². The summed E-state index contributed by atoms with van der Waals surface area (Å²) in [5, 5.41) is 3.45. The first-order chi connectivity index (χ1) is 8.22. The molecule has 1 N–H and O–H groups in total. The van der Waals surface area contributed by atoms with Gasteiger partial charge in [0.1, 0.15) is 0 Å². The lowest BCUT2D eigenvalue weighted by Crippen LogP contribution is -2.05. The van der Waals surface area contributed by atoms with Crippen LogP contribution < -0.4 is 5.32 Å². The fourth-order valence-corrected chi connectivity index (χ4v) is 2.85. The van der Waals surface area contributed by atoms with Gasteiger partial charge in [-0.3, -0.25) is 0 Å². The van der Waals surface area contributed by atoms with Crippen molar-refractivity contribution in [1.29, 1.82) is 0 Å². The fourth-order valence-electron chi connectivity index (χ4n) is 2.02. The summed E-state index contributed by atoms with van der Waals surface area (Å²) in [4.78, 5) is 7.28. The minimum absolute atomic E-state index is 0.684. The van der Waals surface area contributed by atoms with Crippen molar-refractivity contribution in [2.45, 2.75) is 39.3 Å². The maximum absolute atomic E-state index is 4.55. The van der Waals surface area contributed by atoms with E-state index in [1.165, 1.54) is 22.6 Å². The van der Waals surface area contributed by atoms with Gasteiger partial charge in [-0.1, -0.05) is 0 Å². The Morgan fingerprint density at radius 1 is 1.41 bits per heavy atom. The number of aryl methyl sites for hydroxylation is 2. The van der Waals surface area contributed by atoms with Crippen LogP contribution in [-0.4, -0.2) is 9.55 Å². The number of hydrogen-bond acceptors (Lipinski definition) is 3. The molecule has 17 heavy (non-hydrogen) atoms. The van der Waals surface area contributed by atoms with Crippen molar-refractivity contribution in [3.63, 3.8) is 0 Å². The number of imidazole rings is 1. The molecule has 0 atom stereocenters. The summed E-state index contributed by atoms with van der Waals surface area (Å²) in [7, 11) is 0. The second-order valence-corrected chi connectivity index (χ2v) is 6.08. The quantitative estimate of drug-likeness (QED) is 0.896. The van der Waals surface area contributed by atoms with Gasteiger partial charge in [0.15, 0.2) is 0 Å². The molecule has 0 aromatic carbocycles. The first kappa shape index (κ1) is 10.8. The van der Waals surface area contributed by atoms with Gasteiger partial charge in [-0.15, -0.1) is 11.3 Å². The van der Waals surface area contributed by atoms with Crippen LogP contribution in [0, 0.1) is 13.8 Å². The van der Waals surface area contributed by atoms with E-state index in [4.69, 9.17) is 0 Å². The van der Waals surface area contributed by atoms with Gasteiger partial charge >= 0.3 is 0 Å². The maximum atomic E-state index is 4.55. The zero-order chi connectivity index (χ0) is 11.8. The van der Waals surface area contributed by atoms with E-state index in [9.17, 15) is 0 Å². The molecule has 1 aliphatic carbocycles. The highest BCUT2D eigenvalue weighted by atomic mass is 32.1. The van der Waals surface area contributed by atoms with E-state index < -0.39 is 0 Å². The molecule has 0 aliphatic heterocycles. The molecule has 0 saturated heterocycles. The van der Waals surface area contributed by atoms with Crippen molar-refractivity contribution in [3.05, 3.63) is 33.8 Å². The number of rotatable bonds is 4. The second kappa shape index (κ2) is 4.18. The Morgan fingerprint density at radius 3 is 2.88 bits per heavy atom. The van der Waals surface area contributed by atoms with Gasteiger partial charge in [0.05, 0.1) is 12.2 Å². The Kier molecular flexibility index (Phi) is 2.67. The first-order valence-corrected chi connectivity index (χ1v) is 6.88. The molecule has 0 bridgehead atoms. The van der Waals surface area contributed by atoms with Crippen LogP contribution >= 0.6 is 11.3 Å². The Hall–Kier alpha value is -1.29. The predicted molar refractivity (Wildman–Crippen MR) is 71.6 cm³/mol. The van der Waals surface area contributed by atoms with Gasteiger partial charge in [-0.05, 0) is 38.8 Å². The Morgan fingerprint density at radius 2 is 2.24 bits per heavy atom. The predicted octanol–water partition coefficient (Wildman–Crippen LogP) is 3.51. The van der Waals surface area contributed by atoms with E-state index in [1.54, 1.807) is 0 Å². The third-order valence-corrected chi connectivity index (χ3v) is 4.01. The minimum atomic E-state index is 0.684. The summed E-state index contributed by atoms with van der Waals surface area (Å²) in [5.74, 6) is 1.02. The van der Waals surface area contributed by atoms with Gasteiger partial charge in [0.25, 0.3) is 0 Å². The van der Waals surface area contributed by atoms with Crippen molar-refractivity contribution in [2.75, 3.05) is 5.32 Å². The summed E-state index contributed by atoms with van der Waals surface area (Å²) in [6, 6.07) is 5.04. The standard InChI is InChI=1S/C13H17N3S/c1-9-8-16(11-4-5-11)13(15-9)14-7-12-6-3-10(2)17-12/h3,6,8,11H,4-5,7H2,1-2H3,(H,14,15). The van der Waals surface area contributed by atoms with Crippen LogP contribution in [-0.2, 0) is 6.54 Å². The molecule has 3 rings (SSSR count). The van der Waals surface area contributed by atoms with Crippen molar-refractivity contribution in [2.24, 2.45) is 0 Å². The van der Waals surface area contributed by atoms with E-state index >= 15 is 0 Å².